The van der Waals surface area contributed by atoms with Crippen LogP contribution in [0.3, 0.4) is 0 Å². The van der Waals surface area contributed by atoms with E-state index in [-0.39, 0.29) is 11.5 Å². The van der Waals surface area contributed by atoms with Gasteiger partial charge in [0.1, 0.15) is 0 Å². The van der Waals surface area contributed by atoms with Gasteiger partial charge in [0, 0.05) is 15.1 Å². The highest BCUT2D eigenvalue weighted by Gasteiger charge is 2.20. The highest BCUT2D eigenvalue weighted by Crippen LogP contribution is 2.38. The number of fused-ring (bicyclic) bond motifs is 1. The van der Waals surface area contributed by atoms with Crippen molar-refractivity contribution >= 4 is 41.1 Å². The first-order chi connectivity index (χ1) is 13.8. The van der Waals surface area contributed by atoms with Crippen molar-refractivity contribution in [3.05, 3.63) is 48.5 Å². The van der Waals surface area contributed by atoms with Gasteiger partial charge in [0.25, 0.3) is 0 Å². The molecule has 3 aromatic rings. The van der Waals surface area contributed by atoms with E-state index < -0.39 is 19.7 Å². The second-order valence-electron chi connectivity index (χ2n) is 7.15. The van der Waals surface area contributed by atoms with Crippen LogP contribution < -0.4 is 0 Å². The molecule has 0 N–H and O–H groups in total. The SMILES string of the molecule is CCCCS(=O)(=O)c1ccc2cc(-c3ccccc3S(=O)(=O)CCCC)sc2c1. The van der Waals surface area contributed by atoms with Crippen LogP contribution >= 0.6 is 11.3 Å². The molecule has 156 valence electrons. The summed E-state index contributed by atoms with van der Waals surface area (Å²) in [6.45, 7) is 3.94. The molecule has 0 saturated carbocycles. The third-order valence-electron chi connectivity index (χ3n) is 4.87. The predicted octanol–water partition coefficient (Wildman–Crippen LogP) is 5.72. The summed E-state index contributed by atoms with van der Waals surface area (Å²) in [5.41, 5.74) is 0.681. The quantitative estimate of drug-likeness (QED) is 0.418. The molecule has 0 amide bonds. The lowest BCUT2D eigenvalue weighted by Gasteiger charge is -2.08. The molecule has 4 nitrogen and oxygen atoms in total. The average Bonchev–Trinajstić information content (AvgIpc) is 3.14. The van der Waals surface area contributed by atoms with E-state index in [0.717, 1.165) is 27.8 Å². The van der Waals surface area contributed by atoms with Gasteiger partial charge in [0.15, 0.2) is 19.7 Å². The zero-order chi connectivity index (χ0) is 21.1. The molecule has 0 atom stereocenters. The molecule has 0 aliphatic heterocycles. The van der Waals surface area contributed by atoms with E-state index in [4.69, 9.17) is 0 Å². The lowest BCUT2D eigenvalue weighted by atomic mass is 10.1. The van der Waals surface area contributed by atoms with Crippen LogP contribution in [0.1, 0.15) is 39.5 Å². The molecule has 2 aromatic carbocycles. The van der Waals surface area contributed by atoms with Crippen molar-refractivity contribution in [3.63, 3.8) is 0 Å². The Morgan fingerprint density at radius 2 is 1.45 bits per heavy atom. The summed E-state index contributed by atoms with van der Waals surface area (Å²) in [6, 6.07) is 14.2. The Hall–Kier alpha value is -1.70. The van der Waals surface area contributed by atoms with Crippen molar-refractivity contribution < 1.29 is 16.8 Å². The van der Waals surface area contributed by atoms with Crippen molar-refractivity contribution in [2.24, 2.45) is 0 Å². The Labute approximate surface area is 177 Å². The number of thiophene rings is 1. The third kappa shape index (κ3) is 4.90. The minimum atomic E-state index is -3.37. The fourth-order valence-electron chi connectivity index (χ4n) is 3.18. The van der Waals surface area contributed by atoms with Crippen molar-refractivity contribution in [1.82, 2.24) is 0 Å². The molecule has 1 aromatic heterocycles. The predicted molar refractivity (Wildman–Crippen MR) is 121 cm³/mol. The summed E-state index contributed by atoms with van der Waals surface area (Å²) in [6.07, 6.45) is 2.91. The van der Waals surface area contributed by atoms with Gasteiger partial charge in [0.2, 0.25) is 0 Å². The summed E-state index contributed by atoms with van der Waals surface area (Å²) < 4.78 is 51.5. The van der Waals surface area contributed by atoms with Gasteiger partial charge in [-0.15, -0.1) is 11.3 Å². The zero-order valence-corrected chi connectivity index (χ0v) is 19.2. The lowest BCUT2D eigenvalue weighted by Crippen LogP contribution is -2.07. The van der Waals surface area contributed by atoms with Crippen molar-refractivity contribution in [2.45, 2.75) is 49.3 Å². The molecule has 0 fully saturated rings. The first-order valence-corrected chi connectivity index (χ1v) is 14.0. The van der Waals surface area contributed by atoms with Gasteiger partial charge in [-0.1, -0.05) is 51.0 Å². The van der Waals surface area contributed by atoms with Crippen molar-refractivity contribution in [1.29, 1.82) is 0 Å². The maximum atomic E-state index is 12.8. The summed E-state index contributed by atoms with van der Waals surface area (Å²) in [5, 5.41) is 0.917. The molecule has 7 heteroatoms. The van der Waals surface area contributed by atoms with Crippen LogP contribution in [0.4, 0.5) is 0 Å². The van der Waals surface area contributed by atoms with Gasteiger partial charge >= 0.3 is 0 Å². The van der Waals surface area contributed by atoms with E-state index >= 15 is 0 Å². The number of sulfone groups is 2. The van der Waals surface area contributed by atoms with E-state index in [1.54, 1.807) is 24.3 Å². The number of unbranched alkanes of at least 4 members (excludes halogenated alkanes) is 2. The number of hydrogen-bond acceptors (Lipinski definition) is 5. The standard InChI is InChI=1S/C22H26O4S3/c1-3-5-13-28(23,24)18-12-11-17-15-21(27-20(17)16-18)19-9-7-8-10-22(19)29(25,26)14-6-4-2/h7-12,15-16H,3-6,13-14H2,1-2H3. The number of benzene rings is 2. The zero-order valence-electron chi connectivity index (χ0n) is 16.7. The molecular formula is C22H26O4S3. The molecule has 0 aliphatic rings. The van der Waals surface area contributed by atoms with Crippen LogP contribution in [-0.4, -0.2) is 28.3 Å². The van der Waals surface area contributed by atoms with Crippen molar-refractivity contribution in [3.8, 4) is 10.4 Å². The molecule has 0 bridgehead atoms. The second-order valence-corrected chi connectivity index (χ2v) is 12.4. The Morgan fingerprint density at radius 3 is 2.14 bits per heavy atom. The molecule has 0 radical (unpaired) electrons. The average molecular weight is 451 g/mol. The molecule has 3 rings (SSSR count). The minimum Gasteiger partial charge on any atom is -0.224 e. The number of hydrogen-bond donors (Lipinski definition) is 0. The molecule has 0 unspecified atom stereocenters. The molecule has 0 spiro atoms. The summed E-state index contributed by atoms with van der Waals surface area (Å²) in [5.74, 6) is 0.275. The maximum absolute atomic E-state index is 12.8. The molecule has 29 heavy (non-hydrogen) atoms. The monoisotopic (exact) mass is 450 g/mol. The topological polar surface area (TPSA) is 68.3 Å². The fourth-order valence-corrected chi connectivity index (χ4v) is 7.62. The van der Waals surface area contributed by atoms with E-state index in [1.807, 2.05) is 38.1 Å². The van der Waals surface area contributed by atoms with Gasteiger partial charge in [-0.05, 0) is 42.5 Å². The Bertz CT molecular complexity index is 1210. The fraction of sp³-hybridized carbons (Fsp3) is 0.364. The van der Waals surface area contributed by atoms with Crippen LogP contribution in [0.5, 0.6) is 0 Å². The molecular weight excluding hydrogens is 424 g/mol. The van der Waals surface area contributed by atoms with Crippen LogP contribution in [0.15, 0.2) is 58.3 Å². The van der Waals surface area contributed by atoms with Gasteiger partial charge in [-0.3, -0.25) is 0 Å². The summed E-state index contributed by atoms with van der Waals surface area (Å²) >= 11 is 1.43. The highest BCUT2D eigenvalue weighted by molar-refractivity contribution is 7.91. The van der Waals surface area contributed by atoms with Gasteiger partial charge in [-0.25, -0.2) is 16.8 Å². The normalized spacial score (nSPS) is 12.5. The third-order valence-corrected chi connectivity index (χ3v) is 9.65. The first-order valence-electron chi connectivity index (χ1n) is 9.87. The maximum Gasteiger partial charge on any atom is 0.179 e. The number of rotatable bonds is 9. The van der Waals surface area contributed by atoms with E-state index in [1.165, 1.54) is 11.3 Å². The van der Waals surface area contributed by atoms with Crippen molar-refractivity contribution in [2.75, 3.05) is 11.5 Å². The van der Waals surface area contributed by atoms with E-state index in [0.29, 0.717) is 28.2 Å². The van der Waals surface area contributed by atoms with Crippen LogP contribution in [0.2, 0.25) is 0 Å². The smallest absolute Gasteiger partial charge is 0.179 e. The van der Waals surface area contributed by atoms with Gasteiger partial charge in [0.05, 0.1) is 21.3 Å². The Morgan fingerprint density at radius 1 is 0.793 bits per heavy atom. The lowest BCUT2D eigenvalue weighted by molar-refractivity contribution is 0.591. The van der Waals surface area contributed by atoms with Gasteiger partial charge < -0.3 is 0 Å². The second kappa shape index (κ2) is 8.98. The Balaban J connectivity index is 2.05. The Kier molecular flexibility index (Phi) is 6.81. The summed E-state index contributed by atoms with van der Waals surface area (Å²) in [7, 11) is -6.67. The highest BCUT2D eigenvalue weighted by atomic mass is 32.2. The minimum absolute atomic E-state index is 0.130. The summed E-state index contributed by atoms with van der Waals surface area (Å²) in [4.78, 5) is 1.50. The van der Waals surface area contributed by atoms with Crippen LogP contribution in [0, 0.1) is 0 Å². The largest absolute Gasteiger partial charge is 0.224 e. The van der Waals surface area contributed by atoms with E-state index in [9.17, 15) is 16.8 Å². The van der Waals surface area contributed by atoms with Gasteiger partial charge in [-0.2, -0.15) is 0 Å². The molecule has 0 saturated heterocycles. The van der Waals surface area contributed by atoms with E-state index in [2.05, 4.69) is 0 Å². The molecule has 0 aliphatic carbocycles. The first kappa shape index (κ1) is 22.0. The van der Waals surface area contributed by atoms with Crippen LogP contribution in [0.25, 0.3) is 20.5 Å². The molecule has 1 heterocycles. The van der Waals surface area contributed by atoms with Crippen LogP contribution in [-0.2, 0) is 19.7 Å².